The van der Waals surface area contributed by atoms with Gasteiger partial charge in [-0.25, -0.2) is 17.8 Å². The first-order valence-corrected chi connectivity index (χ1v) is 10.2. The maximum atomic E-state index is 13.7. The molecule has 3 aromatic rings. The molecule has 0 unspecified atom stereocenters. The average Bonchev–Trinajstić information content (AvgIpc) is 3.02. The van der Waals surface area contributed by atoms with Gasteiger partial charge in [0.2, 0.25) is 0 Å². The molecule has 0 spiro atoms. The van der Waals surface area contributed by atoms with Gasteiger partial charge < -0.3 is 0 Å². The number of sulfonamides is 1. The number of benzene rings is 2. The first-order chi connectivity index (χ1) is 12.7. The summed E-state index contributed by atoms with van der Waals surface area (Å²) >= 11 is 1.33. The van der Waals surface area contributed by atoms with Crippen LogP contribution in [0.25, 0.3) is 0 Å². The molecule has 1 amide bonds. The number of anilines is 2. The molecule has 1 aromatic heterocycles. The molecule has 140 valence electrons. The summed E-state index contributed by atoms with van der Waals surface area (Å²) in [6.07, 6.45) is 1.64. The fraction of sp³-hybridized carbons (Fsp3) is 0.111. The Morgan fingerprint density at radius 1 is 1.15 bits per heavy atom. The minimum atomic E-state index is -3.98. The van der Waals surface area contributed by atoms with Crippen molar-refractivity contribution in [2.45, 2.75) is 18.7 Å². The zero-order chi connectivity index (χ0) is 19.6. The van der Waals surface area contributed by atoms with Crippen LogP contribution in [0.2, 0.25) is 0 Å². The summed E-state index contributed by atoms with van der Waals surface area (Å²) < 4.78 is 40.9. The van der Waals surface area contributed by atoms with Crippen LogP contribution in [0, 0.1) is 19.7 Å². The van der Waals surface area contributed by atoms with Gasteiger partial charge in [0, 0.05) is 22.3 Å². The summed E-state index contributed by atoms with van der Waals surface area (Å²) in [4.78, 5) is 17.1. The molecule has 0 aliphatic rings. The number of nitrogens with zero attached hydrogens (tertiary/aromatic N) is 1. The maximum Gasteiger partial charge on any atom is 0.261 e. The summed E-state index contributed by atoms with van der Waals surface area (Å²) in [5.74, 6) is -1.02. The molecule has 2 aromatic carbocycles. The number of carbonyl (C=O) groups is 1. The van der Waals surface area contributed by atoms with Crippen molar-refractivity contribution < 1.29 is 17.6 Å². The molecule has 0 aliphatic heterocycles. The fourth-order valence-electron chi connectivity index (χ4n) is 2.26. The van der Waals surface area contributed by atoms with Gasteiger partial charge in [0.05, 0.1) is 4.90 Å². The summed E-state index contributed by atoms with van der Waals surface area (Å²) in [5, 5.41) is 3.11. The third kappa shape index (κ3) is 4.50. The van der Waals surface area contributed by atoms with E-state index < -0.39 is 21.7 Å². The van der Waals surface area contributed by atoms with Gasteiger partial charge in [-0.1, -0.05) is 12.1 Å². The number of thiazole rings is 1. The molecule has 6 nitrogen and oxygen atoms in total. The van der Waals surface area contributed by atoms with Crippen molar-refractivity contribution >= 4 is 38.1 Å². The molecule has 9 heteroatoms. The average molecular weight is 405 g/mol. The zero-order valence-electron chi connectivity index (χ0n) is 14.5. The van der Waals surface area contributed by atoms with Crippen LogP contribution in [-0.2, 0) is 10.0 Å². The Balaban J connectivity index is 1.80. The number of aromatic nitrogens is 1. The van der Waals surface area contributed by atoms with Crippen LogP contribution >= 0.6 is 11.3 Å². The molecule has 1 heterocycles. The van der Waals surface area contributed by atoms with Crippen LogP contribution in [0.3, 0.4) is 0 Å². The highest BCUT2D eigenvalue weighted by Crippen LogP contribution is 2.21. The number of hydrogen-bond donors (Lipinski definition) is 2. The van der Waals surface area contributed by atoms with E-state index >= 15 is 0 Å². The molecule has 0 radical (unpaired) electrons. The fourth-order valence-corrected chi connectivity index (χ4v) is 3.98. The van der Waals surface area contributed by atoms with Gasteiger partial charge in [0.15, 0.2) is 5.13 Å². The lowest BCUT2D eigenvalue weighted by molar-refractivity contribution is 0.102. The number of hydrogen-bond acceptors (Lipinski definition) is 5. The molecule has 0 atom stereocenters. The van der Waals surface area contributed by atoms with E-state index in [0.29, 0.717) is 10.7 Å². The Morgan fingerprint density at radius 2 is 1.93 bits per heavy atom. The molecule has 0 saturated heterocycles. The second-order valence-corrected chi connectivity index (χ2v) is 8.74. The van der Waals surface area contributed by atoms with Crippen molar-refractivity contribution in [3.8, 4) is 0 Å². The predicted octanol–water partition coefficient (Wildman–Crippen LogP) is 3.95. The third-order valence-corrected chi connectivity index (χ3v) is 5.88. The van der Waals surface area contributed by atoms with E-state index in [1.807, 2.05) is 6.92 Å². The van der Waals surface area contributed by atoms with Crippen LogP contribution in [0.15, 0.2) is 53.6 Å². The molecule has 2 N–H and O–H groups in total. The van der Waals surface area contributed by atoms with E-state index in [1.165, 1.54) is 35.6 Å². The summed E-state index contributed by atoms with van der Waals surface area (Å²) in [6, 6.07) is 9.68. The van der Waals surface area contributed by atoms with Crippen LogP contribution in [0.5, 0.6) is 0 Å². The SMILES string of the molecule is Cc1cnc(NC(=O)c2cccc(NS(=O)(=O)c3ccc(C)c(F)c3)c2)s1. The van der Waals surface area contributed by atoms with E-state index in [-0.39, 0.29) is 16.1 Å². The van der Waals surface area contributed by atoms with Gasteiger partial charge in [0.1, 0.15) is 5.82 Å². The first kappa shape index (κ1) is 19.0. The van der Waals surface area contributed by atoms with Crippen LogP contribution in [-0.4, -0.2) is 19.3 Å². The highest BCUT2D eigenvalue weighted by Gasteiger charge is 2.17. The number of carbonyl (C=O) groups excluding carboxylic acids is 1. The lowest BCUT2D eigenvalue weighted by Gasteiger charge is -2.10. The van der Waals surface area contributed by atoms with E-state index in [2.05, 4.69) is 15.0 Å². The predicted molar refractivity (Wildman–Crippen MR) is 103 cm³/mol. The van der Waals surface area contributed by atoms with Gasteiger partial charge in [-0.3, -0.25) is 14.8 Å². The first-order valence-electron chi connectivity index (χ1n) is 7.87. The number of aryl methyl sites for hydroxylation is 2. The summed E-state index contributed by atoms with van der Waals surface area (Å²) in [7, 11) is -3.98. The van der Waals surface area contributed by atoms with E-state index in [4.69, 9.17) is 0 Å². The lowest BCUT2D eigenvalue weighted by Crippen LogP contribution is -2.15. The van der Waals surface area contributed by atoms with Gasteiger partial charge in [0.25, 0.3) is 15.9 Å². The Labute approximate surface area is 160 Å². The van der Waals surface area contributed by atoms with Crippen molar-refractivity contribution in [2.75, 3.05) is 10.0 Å². The smallest absolute Gasteiger partial charge is 0.261 e. The number of nitrogens with one attached hydrogen (secondary N) is 2. The monoisotopic (exact) mass is 405 g/mol. The molecular weight excluding hydrogens is 389 g/mol. The molecule has 0 bridgehead atoms. The Kier molecular flexibility index (Phi) is 5.24. The second-order valence-electron chi connectivity index (χ2n) is 5.83. The van der Waals surface area contributed by atoms with E-state index in [9.17, 15) is 17.6 Å². The number of halogens is 1. The standard InChI is InChI=1S/C18H16FN3O3S2/c1-11-6-7-15(9-16(11)19)27(24,25)22-14-5-3-4-13(8-14)17(23)21-18-20-10-12(2)26-18/h3-10,22H,1-2H3,(H,20,21,23). The Bertz CT molecular complexity index is 1110. The highest BCUT2D eigenvalue weighted by atomic mass is 32.2. The third-order valence-electron chi connectivity index (χ3n) is 3.67. The quantitative estimate of drug-likeness (QED) is 0.673. The maximum absolute atomic E-state index is 13.7. The van der Waals surface area contributed by atoms with E-state index in [1.54, 1.807) is 25.3 Å². The Hall–Kier alpha value is -2.78. The van der Waals surface area contributed by atoms with Crippen molar-refractivity contribution in [1.82, 2.24) is 4.98 Å². The van der Waals surface area contributed by atoms with Crippen LogP contribution in [0.1, 0.15) is 20.8 Å². The van der Waals surface area contributed by atoms with E-state index in [0.717, 1.165) is 10.9 Å². The minimum Gasteiger partial charge on any atom is -0.298 e. The molecule has 27 heavy (non-hydrogen) atoms. The Morgan fingerprint density at radius 3 is 2.59 bits per heavy atom. The van der Waals surface area contributed by atoms with Gasteiger partial charge >= 0.3 is 0 Å². The normalized spacial score (nSPS) is 11.2. The summed E-state index contributed by atoms with van der Waals surface area (Å²) in [6.45, 7) is 3.42. The van der Waals surface area contributed by atoms with Crippen LogP contribution in [0.4, 0.5) is 15.2 Å². The molecule has 0 aliphatic carbocycles. The van der Waals surface area contributed by atoms with Crippen molar-refractivity contribution in [3.63, 3.8) is 0 Å². The topological polar surface area (TPSA) is 88.2 Å². The largest absolute Gasteiger partial charge is 0.298 e. The van der Waals surface area contributed by atoms with Gasteiger partial charge in [-0.05, 0) is 49.7 Å². The van der Waals surface area contributed by atoms with Crippen LogP contribution < -0.4 is 10.0 Å². The second kappa shape index (κ2) is 7.45. The molecular formula is C18H16FN3O3S2. The molecule has 0 saturated carbocycles. The lowest BCUT2D eigenvalue weighted by atomic mass is 10.2. The van der Waals surface area contributed by atoms with Gasteiger partial charge in [-0.15, -0.1) is 11.3 Å². The zero-order valence-corrected chi connectivity index (χ0v) is 16.1. The molecule has 0 fully saturated rings. The highest BCUT2D eigenvalue weighted by molar-refractivity contribution is 7.92. The number of amides is 1. The molecule has 3 rings (SSSR count). The van der Waals surface area contributed by atoms with Crippen molar-refractivity contribution in [3.05, 3.63) is 70.5 Å². The van der Waals surface area contributed by atoms with Gasteiger partial charge in [-0.2, -0.15) is 0 Å². The van der Waals surface area contributed by atoms with Crippen molar-refractivity contribution in [2.24, 2.45) is 0 Å². The van der Waals surface area contributed by atoms with Crippen molar-refractivity contribution in [1.29, 1.82) is 0 Å². The number of rotatable bonds is 5. The minimum absolute atomic E-state index is 0.193. The summed E-state index contributed by atoms with van der Waals surface area (Å²) in [5.41, 5.74) is 0.808.